The fraction of sp³-hybridized carbons (Fsp3) is 0.375. The number of fused-ring (bicyclic) bond motifs is 6. The fourth-order valence-electron chi connectivity index (χ4n) is 4.54. The van der Waals surface area contributed by atoms with Gasteiger partial charge in [0.2, 0.25) is 0 Å². The minimum absolute atomic E-state index is 0.0616. The van der Waals surface area contributed by atoms with E-state index in [1.807, 2.05) is 31.2 Å². The zero-order valence-corrected chi connectivity index (χ0v) is 16.9. The number of rotatable bonds is 3. The molecule has 0 radical (unpaired) electrons. The summed E-state index contributed by atoms with van der Waals surface area (Å²) in [7, 11) is 1.63. The maximum absolute atomic E-state index is 13.5. The quantitative estimate of drug-likeness (QED) is 0.725. The van der Waals surface area contributed by atoms with E-state index >= 15 is 0 Å². The molecule has 3 atom stereocenters. The van der Waals surface area contributed by atoms with E-state index in [0.717, 1.165) is 45.9 Å². The molecule has 29 heavy (non-hydrogen) atoms. The SMILES string of the molecule is C=C(CC)[C@@H]1Cc2c(ccc3c2O[C@H]2COc4cc(C)c(OC)cc4[C@@H]2C3=O)O1. The number of carbonyl (C=O) groups excluding carboxylic acids is 1. The molecule has 3 aliphatic rings. The molecule has 0 N–H and O–H groups in total. The number of Topliss-reactive ketones (excluding diaryl/α,β-unsaturated/α-hetero) is 1. The predicted molar refractivity (Wildman–Crippen MR) is 109 cm³/mol. The molecule has 3 heterocycles. The molecule has 0 aromatic heterocycles. The molecule has 0 fully saturated rings. The highest BCUT2D eigenvalue weighted by atomic mass is 16.5. The molecule has 0 bridgehead atoms. The highest BCUT2D eigenvalue weighted by molar-refractivity contribution is 6.06. The van der Waals surface area contributed by atoms with Gasteiger partial charge in [0, 0.05) is 17.5 Å². The molecule has 5 nitrogen and oxygen atoms in total. The van der Waals surface area contributed by atoms with Crippen molar-refractivity contribution in [1.82, 2.24) is 0 Å². The smallest absolute Gasteiger partial charge is 0.178 e. The molecule has 0 saturated carbocycles. The number of methoxy groups -OCH3 is 1. The largest absolute Gasteiger partial charge is 0.496 e. The van der Waals surface area contributed by atoms with Crippen molar-refractivity contribution in [1.29, 1.82) is 0 Å². The molecule has 150 valence electrons. The van der Waals surface area contributed by atoms with Gasteiger partial charge in [-0.2, -0.15) is 0 Å². The Balaban J connectivity index is 1.56. The lowest BCUT2D eigenvalue weighted by molar-refractivity contribution is 0.0555. The van der Waals surface area contributed by atoms with Crippen molar-refractivity contribution in [3.63, 3.8) is 0 Å². The summed E-state index contributed by atoms with van der Waals surface area (Å²) in [5.74, 6) is 2.56. The van der Waals surface area contributed by atoms with E-state index in [-0.39, 0.29) is 18.0 Å². The van der Waals surface area contributed by atoms with Crippen molar-refractivity contribution in [3.05, 3.63) is 58.7 Å². The van der Waals surface area contributed by atoms with Crippen LogP contribution >= 0.6 is 0 Å². The van der Waals surface area contributed by atoms with Gasteiger partial charge >= 0.3 is 0 Å². The van der Waals surface area contributed by atoms with E-state index in [1.54, 1.807) is 7.11 Å². The van der Waals surface area contributed by atoms with Crippen LogP contribution in [0.25, 0.3) is 0 Å². The van der Waals surface area contributed by atoms with E-state index in [4.69, 9.17) is 18.9 Å². The first-order chi connectivity index (χ1) is 14.0. The summed E-state index contributed by atoms with van der Waals surface area (Å²) < 4.78 is 23.9. The van der Waals surface area contributed by atoms with Crippen LogP contribution in [0.15, 0.2) is 36.4 Å². The van der Waals surface area contributed by atoms with Gasteiger partial charge in [-0.15, -0.1) is 0 Å². The summed E-state index contributed by atoms with van der Waals surface area (Å²) in [6.45, 7) is 8.49. The summed E-state index contributed by atoms with van der Waals surface area (Å²) >= 11 is 0. The number of carbonyl (C=O) groups is 1. The first-order valence-electron chi connectivity index (χ1n) is 10.0. The van der Waals surface area contributed by atoms with Crippen LogP contribution in [0.1, 0.15) is 46.3 Å². The van der Waals surface area contributed by atoms with Crippen LogP contribution in [0.5, 0.6) is 23.0 Å². The van der Waals surface area contributed by atoms with Gasteiger partial charge < -0.3 is 18.9 Å². The molecule has 0 unspecified atom stereocenters. The molecule has 2 aromatic carbocycles. The summed E-state index contributed by atoms with van der Waals surface area (Å²) in [5, 5.41) is 0. The minimum atomic E-state index is -0.400. The Labute approximate surface area is 170 Å². The summed E-state index contributed by atoms with van der Waals surface area (Å²) in [5.41, 5.74) is 4.43. The molecule has 0 amide bonds. The average molecular weight is 392 g/mol. The Bertz CT molecular complexity index is 1040. The number of ketones is 1. The topological polar surface area (TPSA) is 54.0 Å². The van der Waals surface area contributed by atoms with Gasteiger partial charge in [-0.25, -0.2) is 0 Å². The van der Waals surface area contributed by atoms with E-state index < -0.39 is 5.92 Å². The number of hydrogen-bond acceptors (Lipinski definition) is 5. The van der Waals surface area contributed by atoms with E-state index in [2.05, 4.69) is 13.5 Å². The predicted octanol–water partition coefficient (Wildman–Crippen LogP) is 4.39. The summed E-state index contributed by atoms with van der Waals surface area (Å²) in [6.07, 6.45) is 1.11. The third-order valence-corrected chi connectivity index (χ3v) is 6.24. The Hall–Kier alpha value is -2.95. The second-order valence-corrected chi connectivity index (χ2v) is 7.91. The molecule has 5 rings (SSSR count). The molecular formula is C24H24O5. The third kappa shape index (κ3) is 2.64. The number of benzene rings is 2. The molecule has 3 aliphatic heterocycles. The lowest BCUT2D eigenvalue weighted by Gasteiger charge is -2.37. The fourth-order valence-corrected chi connectivity index (χ4v) is 4.54. The number of aryl methyl sites for hydroxylation is 1. The van der Waals surface area contributed by atoms with Gasteiger partial charge in [0.25, 0.3) is 0 Å². The van der Waals surface area contributed by atoms with Gasteiger partial charge in [0.05, 0.1) is 18.6 Å². The minimum Gasteiger partial charge on any atom is -0.496 e. The van der Waals surface area contributed by atoms with Gasteiger partial charge in [0.1, 0.15) is 41.8 Å². The van der Waals surface area contributed by atoms with E-state index in [0.29, 0.717) is 24.3 Å². The summed E-state index contributed by atoms with van der Waals surface area (Å²) in [4.78, 5) is 13.5. The van der Waals surface area contributed by atoms with E-state index in [9.17, 15) is 4.79 Å². The number of hydrogen-bond donors (Lipinski definition) is 0. The molecule has 5 heteroatoms. The highest BCUT2D eigenvalue weighted by Crippen LogP contribution is 2.49. The molecule has 0 spiro atoms. The lowest BCUT2D eigenvalue weighted by Crippen LogP contribution is -2.43. The van der Waals surface area contributed by atoms with Crippen molar-refractivity contribution in [2.75, 3.05) is 13.7 Å². The average Bonchev–Trinajstić information content (AvgIpc) is 3.17. The van der Waals surface area contributed by atoms with Gasteiger partial charge in [-0.05, 0) is 48.7 Å². The second kappa shape index (κ2) is 6.55. The molecule has 2 aromatic rings. The van der Waals surface area contributed by atoms with Gasteiger partial charge in [-0.3, -0.25) is 4.79 Å². The van der Waals surface area contributed by atoms with Crippen molar-refractivity contribution < 1.29 is 23.7 Å². The first kappa shape index (κ1) is 18.1. The van der Waals surface area contributed by atoms with Crippen LogP contribution < -0.4 is 18.9 Å². The van der Waals surface area contributed by atoms with Crippen molar-refractivity contribution in [3.8, 4) is 23.0 Å². The second-order valence-electron chi connectivity index (χ2n) is 7.91. The summed E-state index contributed by atoms with van der Waals surface area (Å²) in [6, 6.07) is 7.55. The van der Waals surface area contributed by atoms with Crippen LogP contribution in [0.4, 0.5) is 0 Å². The molecule has 0 aliphatic carbocycles. The van der Waals surface area contributed by atoms with Crippen LogP contribution in [-0.2, 0) is 6.42 Å². The van der Waals surface area contributed by atoms with Crippen molar-refractivity contribution in [2.24, 2.45) is 0 Å². The standard InChI is InChI=1S/C24H24O5/c1-5-12(2)19-10-16-17(28-19)7-6-14-23(25)22-15-9-18(26-4)13(3)8-20(15)27-11-21(22)29-24(14)16/h6-9,19,21-22H,2,5,10-11H2,1,3-4H3/t19-,21-,22-/m0/s1. The van der Waals surface area contributed by atoms with Crippen LogP contribution in [0.3, 0.4) is 0 Å². The third-order valence-electron chi connectivity index (χ3n) is 6.24. The Morgan fingerprint density at radius 1 is 1.24 bits per heavy atom. The van der Waals surface area contributed by atoms with Crippen molar-refractivity contribution in [2.45, 2.75) is 44.8 Å². The Morgan fingerprint density at radius 2 is 2.07 bits per heavy atom. The molecular weight excluding hydrogens is 368 g/mol. The van der Waals surface area contributed by atoms with Crippen LogP contribution in [-0.4, -0.2) is 31.7 Å². The lowest BCUT2D eigenvalue weighted by atomic mass is 9.81. The maximum Gasteiger partial charge on any atom is 0.178 e. The van der Waals surface area contributed by atoms with E-state index in [1.165, 1.54) is 0 Å². The highest BCUT2D eigenvalue weighted by Gasteiger charge is 2.45. The monoisotopic (exact) mass is 392 g/mol. The maximum atomic E-state index is 13.5. The Kier molecular flexibility index (Phi) is 4.09. The number of ether oxygens (including phenoxy) is 4. The Morgan fingerprint density at radius 3 is 2.83 bits per heavy atom. The normalized spacial score (nSPS) is 23.6. The first-order valence-corrected chi connectivity index (χ1v) is 10.0. The van der Waals surface area contributed by atoms with Crippen LogP contribution in [0, 0.1) is 6.92 Å². The van der Waals surface area contributed by atoms with Crippen LogP contribution in [0.2, 0.25) is 0 Å². The van der Waals surface area contributed by atoms with Gasteiger partial charge in [-0.1, -0.05) is 13.5 Å². The zero-order valence-electron chi connectivity index (χ0n) is 16.9. The molecule has 0 saturated heterocycles. The van der Waals surface area contributed by atoms with Gasteiger partial charge in [0.15, 0.2) is 5.78 Å². The van der Waals surface area contributed by atoms with Crippen molar-refractivity contribution >= 4 is 5.78 Å². The zero-order chi connectivity index (χ0) is 20.3.